The van der Waals surface area contributed by atoms with E-state index in [4.69, 9.17) is 4.74 Å². The molecule has 1 saturated heterocycles. The van der Waals surface area contributed by atoms with E-state index in [2.05, 4.69) is 0 Å². The average molecular weight is 242 g/mol. The molecular weight excluding hydrogens is 216 g/mol. The van der Waals surface area contributed by atoms with Crippen LogP contribution in [0.3, 0.4) is 0 Å². The van der Waals surface area contributed by atoms with Crippen molar-refractivity contribution >= 4 is 6.03 Å². The Bertz CT molecular complexity index is 229. The zero-order chi connectivity index (χ0) is 12.7. The number of ether oxygens (including phenoxy) is 1. The Hall–Kier alpha value is -0.770. The van der Waals surface area contributed by atoms with Gasteiger partial charge in [0.1, 0.15) is 0 Å². The lowest BCUT2D eigenvalue weighted by molar-refractivity contribution is 0.0688. The summed E-state index contributed by atoms with van der Waals surface area (Å²) in [4.78, 5) is 16.1. The third kappa shape index (κ3) is 4.19. The van der Waals surface area contributed by atoms with Crippen LogP contribution in [-0.4, -0.2) is 55.2 Å². The molecule has 17 heavy (non-hydrogen) atoms. The number of hydrogen-bond acceptors (Lipinski definition) is 2. The number of nitrogens with zero attached hydrogens (tertiary/aromatic N) is 2. The Kier molecular flexibility index (Phi) is 6.34. The molecule has 0 aromatic heterocycles. The van der Waals surface area contributed by atoms with Crippen molar-refractivity contribution in [1.29, 1.82) is 0 Å². The van der Waals surface area contributed by atoms with Gasteiger partial charge in [-0.05, 0) is 33.6 Å². The van der Waals surface area contributed by atoms with Gasteiger partial charge in [0.25, 0.3) is 0 Å². The quantitative estimate of drug-likeness (QED) is 0.740. The summed E-state index contributed by atoms with van der Waals surface area (Å²) in [7, 11) is 0. The summed E-state index contributed by atoms with van der Waals surface area (Å²) in [5, 5.41) is 0. The first-order valence-electron chi connectivity index (χ1n) is 6.84. The van der Waals surface area contributed by atoms with Crippen LogP contribution in [0.2, 0.25) is 0 Å². The van der Waals surface area contributed by atoms with Crippen LogP contribution in [0, 0.1) is 5.92 Å². The number of rotatable bonds is 5. The van der Waals surface area contributed by atoms with Crippen molar-refractivity contribution in [3.05, 3.63) is 0 Å². The van der Waals surface area contributed by atoms with Crippen LogP contribution in [0.25, 0.3) is 0 Å². The van der Waals surface area contributed by atoms with Crippen LogP contribution in [0.1, 0.15) is 33.6 Å². The maximum atomic E-state index is 12.2. The number of amides is 2. The van der Waals surface area contributed by atoms with Gasteiger partial charge in [0.15, 0.2) is 0 Å². The molecule has 1 aliphatic heterocycles. The zero-order valence-electron chi connectivity index (χ0n) is 11.4. The number of hydrogen-bond donors (Lipinski definition) is 0. The van der Waals surface area contributed by atoms with Crippen molar-refractivity contribution in [3.8, 4) is 0 Å². The van der Waals surface area contributed by atoms with Crippen LogP contribution in [-0.2, 0) is 4.74 Å². The summed E-state index contributed by atoms with van der Waals surface area (Å²) < 4.78 is 5.46. The molecule has 100 valence electrons. The Morgan fingerprint density at radius 1 is 1.35 bits per heavy atom. The van der Waals surface area contributed by atoms with Gasteiger partial charge in [-0.15, -0.1) is 0 Å². The Morgan fingerprint density at radius 3 is 2.65 bits per heavy atom. The van der Waals surface area contributed by atoms with Crippen molar-refractivity contribution < 1.29 is 9.53 Å². The van der Waals surface area contributed by atoms with E-state index in [0.717, 1.165) is 45.8 Å². The molecule has 0 saturated carbocycles. The average Bonchev–Trinajstić information content (AvgIpc) is 2.38. The maximum Gasteiger partial charge on any atom is 0.319 e. The molecule has 0 radical (unpaired) electrons. The lowest BCUT2D eigenvalue weighted by Crippen LogP contribution is -2.48. The van der Waals surface area contributed by atoms with Crippen LogP contribution < -0.4 is 0 Å². The first-order valence-corrected chi connectivity index (χ1v) is 6.84. The molecule has 1 rings (SSSR count). The third-order valence-corrected chi connectivity index (χ3v) is 3.38. The van der Waals surface area contributed by atoms with E-state index in [1.807, 2.05) is 30.6 Å². The van der Waals surface area contributed by atoms with Crippen molar-refractivity contribution in [3.63, 3.8) is 0 Å². The van der Waals surface area contributed by atoms with E-state index in [1.54, 1.807) is 0 Å². The third-order valence-electron chi connectivity index (χ3n) is 3.38. The standard InChI is InChI=1S/C13H26N2O2/c1-4-14(5-2)13(16)15-9-7-8-12(10-15)11-17-6-3/h12H,4-11H2,1-3H3. The smallest absolute Gasteiger partial charge is 0.319 e. The minimum atomic E-state index is 0.191. The van der Waals surface area contributed by atoms with Crippen molar-refractivity contribution in [2.45, 2.75) is 33.6 Å². The Balaban J connectivity index is 2.45. The number of urea groups is 1. The number of likely N-dealkylation sites (tertiary alicyclic amines) is 1. The lowest BCUT2D eigenvalue weighted by atomic mass is 9.99. The van der Waals surface area contributed by atoms with Gasteiger partial charge in [-0.1, -0.05) is 0 Å². The molecule has 0 spiro atoms. The number of piperidine rings is 1. The Labute approximate surface area is 105 Å². The first kappa shape index (κ1) is 14.3. The largest absolute Gasteiger partial charge is 0.381 e. The molecule has 0 aromatic carbocycles. The van der Waals surface area contributed by atoms with Crippen LogP contribution in [0.15, 0.2) is 0 Å². The molecule has 0 N–H and O–H groups in total. The van der Waals surface area contributed by atoms with Crippen molar-refractivity contribution in [1.82, 2.24) is 9.80 Å². The van der Waals surface area contributed by atoms with Gasteiger partial charge in [0.2, 0.25) is 0 Å². The lowest BCUT2D eigenvalue weighted by Gasteiger charge is -2.35. The highest BCUT2D eigenvalue weighted by Gasteiger charge is 2.25. The van der Waals surface area contributed by atoms with E-state index < -0.39 is 0 Å². The molecular formula is C13H26N2O2. The summed E-state index contributed by atoms with van der Waals surface area (Å²) in [6.45, 7) is 11.0. The SMILES string of the molecule is CCOCC1CCCN(C(=O)N(CC)CC)C1. The monoisotopic (exact) mass is 242 g/mol. The predicted octanol–water partition coefficient (Wildman–Crippen LogP) is 2.20. The summed E-state index contributed by atoms with van der Waals surface area (Å²) in [6.07, 6.45) is 2.28. The minimum Gasteiger partial charge on any atom is -0.381 e. The van der Waals surface area contributed by atoms with Gasteiger partial charge in [-0.25, -0.2) is 4.79 Å². The van der Waals surface area contributed by atoms with Crippen LogP contribution in [0.4, 0.5) is 4.79 Å². The van der Waals surface area contributed by atoms with Crippen molar-refractivity contribution in [2.75, 3.05) is 39.4 Å². The molecule has 1 aliphatic rings. The Morgan fingerprint density at radius 2 is 2.06 bits per heavy atom. The second-order valence-electron chi connectivity index (χ2n) is 4.57. The molecule has 1 unspecified atom stereocenters. The minimum absolute atomic E-state index is 0.191. The second-order valence-corrected chi connectivity index (χ2v) is 4.57. The van der Waals surface area contributed by atoms with Crippen LogP contribution >= 0.6 is 0 Å². The van der Waals surface area contributed by atoms with E-state index in [-0.39, 0.29) is 6.03 Å². The van der Waals surface area contributed by atoms with Gasteiger partial charge in [-0.2, -0.15) is 0 Å². The fraction of sp³-hybridized carbons (Fsp3) is 0.923. The molecule has 2 amide bonds. The fourth-order valence-electron chi connectivity index (χ4n) is 2.35. The molecule has 4 nitrogen and oxygen atoms in total. The highest BCUT2D eigenvalue weighted by Crippen LogP contribution is 2.18. The normalized spacial score (nSPS) is 20.4. The number of carbonyl (C=O) groups excluding carboxylic acids is 1. The maximum absolute atomic E-state index is 12.2. The van der Waals surface area contributed by atoms with Gasteiger partial charge in [0, 0.05) is 38.7 Å². The number of carbonyl (C=O) groups is 1. The second kappa shape index (κ2) is 7.54. The molecule has 0 aliphatic carbocycles. The van der Waals surface area contributed by atoms with Crippen molar-refractivity contribution in [2.24, 2.45) is 5.92 Å². The highest BCUT2D eigenvalue weighted by atomic mass is 16.5. The highest BCUT2D eigenvalue weighted by molar-refractivity contribution is 5.74. The van der Waals surface area contributed by atoms with E-state index in [0.29, 0.717) is 5.92 Å². The summed E-state index contributed by atoms with van der Waals surface area (Å²) in [6, 6.07) is 0.191. The van der Waals surface area contributed by atoms with E-state index in [1.165, 1.54) is 6.42 Å². The summed E-state index contributed by atoms with van der Waals surface area (Å²) >= 11 is 0. The van der Waals surface area contributed by atoms with Gasteiger partial charge >= 0.3 is 6.03 Å². The van der Waals surface area contributed by atoms with Gasteiger partial charge in [-0.3, -0.25) is 0 Å². The molecule has 4 heteroatoms. The zero-order valence-corrected chi connectivity index (χ0v) is 11.4. The van der Waals surface area contributed by atoms with Crippen LogP contribution in [0.5, 0.6) is 0 Å². The summed E-state index contributed by atoms with van der Waals surface area (Å²) in [5.74, 6) is 0.517. The molecule has 0 aromatic rings. The van der Waals surface area contributed by atoms with E-state index >= 15 is 0 Å². The molecule has 1 heterocycles. The molecule has 0 bridgehead atoms. The first-order chi connectivity index (χ1) is 8.22. The molecule has 1 atom stereocenters. The van der Waals surface area contributed by atoms with Gasteiger partial charge < -0.3 is 14.5 Å². The topological polar surface area (TPSA) is 32.8 Å². The fourth-order valence-corrected chi connectivity index (χ4v) is 2.35. The molecule has 1 fully saturated rings. The summed E-state index contributed by atoms with van der Waals surface area (Å²) in [5.41, 5.74) is 0. The predicted molar refractivity (Wildman–Crippen MR) is 69.1 cm³/mol. The van der Waals surface area contributed by atoms with Gasteiger partial charge in [0.05, 0.1) is 6.61 Å². The van der Waals surface area contributed by atoms with E-state index in [9.17, 15) is 4.79 Å².